The summed E-state index contributed by atoms with van der Waals surface area (Å²) in [4.78, 5) is 11.7. The Hall–Kier alpha value is -0.970. The van der Waals surface area contributed by atoms with E-state index in [4.69, 9.17) is 5.14 Å². The highest BCUT2D eigenvalue weighted by atomic mass is 32.3. The number of nitrogens with one attached hydrogen (secondary N) is 1. The van der Waals surface area contributed by atoms with Crippen LogP contribution in [0.4, 0.5) is 0 Å². The first-order valence-corrected chi connectivity index (χ1v) is 8.73. The number of hydrogen-bond acceptors (Lipinski definition) is 6. The van der Waals surface area contributed by atoms with E-state index in [1.165, 1.54) is 6.92 Å². The maximum atomic E-state index is 12.1. The van der Waals surface area contributed by atoms with Gasteiger partial charge in [0.1, 0.15) is 8.42 Å². The van der Waals surface area contributed by atoms with Gasteiger partial charge in [0, 0.05) is 6.54 Å². The minimum Gasteiger partial charge on any atom is -0.351 e. The number of primary sulfonamides is 1. The van der Waals surface area contributed by atoms with Crippen molar-refractivity contribution in [3.8, 4) is 0 Å². The van der Waals surface area contributed by atoms with Crippen molar-refractivity contribution < 1.29 is 21.6 Å². The summed E-state index contributed by atoms with van der Waals surface area (Å²) in [5.74, 6) is -0.607. The predicted octanol–water partition coefficient (Wildman–Crippen LogP) is -0.699. The van der Waals surface area contributed by atoms with Crippen molar-refractivity contribution >= 4 is 37.1 Å². The number of sulfone groups is 1. The Bertz CT molecular complexity index is 716. The van der Waals surface area contributed by atoms with Crippen LogP contribution in [-0.4, -0.2) is 34.5 Å². The molecule has 2 rings (SSSR count). The van der Waals surface area contributed by atoms with Gasteiger partial charge in [-0.1, -0.05) is 0 Å². The average Bonchev–Trinajstić information content (AvgIpc) is 2.66. The number of rotatable bonds is 1. The van der Waals surface area contributed by atoms with E-state index in [0.29, 0.717) is 11.3 Å². The van der Waals surface area contributed by atoms with E-state index in [9.17, 15) is 21.6 Å². The van der Waals surface area contributed by atoms with Crippen molar-refractivity contribution in [2.24, 2.45) is 5.14 Å². The molecule has 18 heavy (non-hydrogen) atoms. The van der Waals surface area contributed by atoms with Crippen molar-refractivity contribution in [2.75, 3.05) is 6.54 Å². The summed E-state index contributed by atoms with van der Waals surface area (Å²) < 4.78 is 46.0. The molecule has 0 spiro atoms. The first-order valence-electron chi connectivity index (χ1n) is 4.83. The second kappa shape index (κ2) is 4.02. The number of amides is 1. The highest BCUT2D eigenvalue weighted by Gasteiger charge is 2.35. The summed E-state index contributed by atoms with van der Waals surface area (Å²) in [6.45, 7) is 1.44. The fourth-order valence-corrected chi connectivity index (χ4v) is 5.62. The molecule has 0 saturated heterocycles. The van der Waals surface area contributed by atoms with Gasteiger partial charge in [-0.2, -0.15) is 0 Å². The van der Waals surface area contributed by atoms with E-state index in [1.54, 1.807) is 0 Å². The van der Waals surface area contributed by atoms with Crippen LogP contribution in [0.3, 0.4) is 0 Å². The topological polar surface area (TPSA) is 123 Å². The molecule has 7 nitrogen and oxygen atoms in total. The molecular weight excluding hydrogens is 300 g/mol. The first-order chi connectivity index (χ1) is 8.14. The van der Waals surface area contributed by atoms with E-state index in [1.807, 2.05) is 0 Å². The molecule has 0 unspecified atom stereocenters. The number of sulfonamides is 1. The smallest absolute Gasteiger partial charge is 0.253 e. The van der Waals surface area contributed by atoms with Crippen LogP contribution in [0, 0.1) is 0 Å². The van der Waals surface area contributed by atoms with Gasteiger partial charge in [-0.05, 0) is 13.0 Å². The zero-order valence-electron chi connectivity index (χ0n) is 9.21. The van der Waals surface area contributed by atoms with Gasteiger partial charge >= 0.3 is 0 Å². The molecule has 0 bridgehead atoms. The fraction of sp³-hybridized carbons (Fsp3) is 0.375. The van der Waals surface area contributed by atoms with Crippen LogP contribution in [0.15, 0.2) is 14.5 Å². The largest absolute Gasteiger partial charge is 0.351 e. The first kappa shape index (κ1) is 13.5. The molecule has 1 atom stereocenters. The third-order valence-electron chi connectivity index (χ3n) is 2.54. The molecule has 1 aromatic rings. The van der Waals surface area contributed by atoms with Gasteiger partial charge in [-0.15, -0.1) is 11.3 Å². The molecule has 10 heteroatoms. The Labute approximate surface area is 108 Å². The second-order valence-electron chi connectivity index (χ2n) is 3.88. The molecule has 1 aliphatic rings. The standard InChI is InChI=1S/C8H10N2O5S3/c1-4-3-10-7(11)5-2-6(18(9,14)15)16-8(5)17(4,12)13/h2,4H,3H2,1H3,(H,10,11)(H2,9,14,15)/t4-/m0/s1. The lowest BCUT2D eigenvalue weighted by molar-refractivity contribution is 0.0953. The van der Waals surface area contributed by atoms with Crippen LogP contribution in [-0.2, 0) is 19.9 Å². The molecule has 100 valence electrons. The van der Waals surface area contributed by atoms with E-state index in [0.717, 1.165) is 6.07 Å². The van der Waals surface area contributed by atoms with Gasteiger partial charge in [0.25, 0.3) is 5.91 Å². The van der Waals surface area contributed by atoms with Crippen LogP contribution in [0.2, 0.25) is 0 Å². The number of carbonyl (C=O) groups excluding carboxylic acids is 1. The van der Waals surface area contributed by atoms with Crippen molar-refractivity contribution in [3.63, 3.8) is 0 Å². The summed E-state index contributed by atoms with van der Waals surface area (Å²) in [7, 11) is -7.74. The Balaban J connectivity index is 2.76. The summed E-state index contributed by atoms with van der Waals surface area (Å²) in [6.07, 6.45) is 0. The van der Waals surface area contributed by atoms with Gasteiger partial charge < -0.3 is 5.32 Å². The van der Waals surface area contributed by atoms with Crippen molar-refractivity contribution in [2.45, 2.75) is 20.6 Å². The Kier molecular flexibility index (Phi) is 3.00. The minimum atomic E-state index is -4.03. The van der Waals surface area contributed by atoms with Crippen LogP contribution >= 0.6 is 11.3 Å². The third kappa shape index (κ3) is 2.05. The van der Waals surface area contributed by atoms with Gasteiger partial charge in [0.05, 0.1) is 10.8 Å². The van der Waals surface area contributed by atoms with Crippen molar-refractivity contribution in [1.82, 2.24) is 5.32 Å². The molecule has 0 radical (unpaired) electrons. The zero-order chi connectivity index (χ0) is 13.7. The molecule has 2 heterocycles. The highest BCUT2D eigenvalue weighted by molar-refractivity contribution is 7.95. The van der Waals surface area contributed by atoms with Crippen molar-refractivity contribution in [3.05, 3.63) is 11.6 Å². The average molecular weight is 310 g/mol. The van der Waals surface area contributed by atoms with E-state index in [-0.39, 0.29) is 20.5 Å². The van der Waals surface area contributed by atoms with E-state index >= 15 is 0 Å². The Morgan fingerprint density at radius 1 is 1.50 bits per heavy atom. The van der Waals surface area contributed by atoms with Crippen molar-refractivity contribution in [1.29, 1.82) is 0 Å². The maximum absolute atomic E-state index is 12.1. The molecule has 1 aromatic heterocycles. The van der Waals surface area contributed by atoms with E-state index < -0.39 is 31.0 Å². The van der Waals surface area contributed by atoms with Gasteiger partial charge in [-0.3, -0.25) is 4.79 Å². The van der Waals surface area contributed by atoms with Crippen LogP contribution in [0.5, 0.6) is 0 Å². The summed E-state index contributed by atoms with van der Waals surface area (Å²) in [6, 6.07) is 1.00. The molecule has 1 aliphatic heterocycles. The number of carbonyl (C=O) groups is 1. The SMILES string of the molecule is C[C@H]1CNC(=O)c2cc(S(N)(=O)=O)sc2S1(=O)=O. The number of nitrogens with two attached hydrogens (primary N) is 1. The van der Waals surface area contributed by atoms with Gasteiger partial charge in [0.2, 0.25) is 10.0 Å². The number of thiophene rings is 1. The molecule has 0 aliphatic carbocycles. The number of hydrogen-bond donors (Lipinski definition) is 2. The lowest BCUT2D eigenvalue weighted by Crippen LogP contribution is -2.30. The van der Waals surface area contributed by atoms with Crippen LogP contribution in [0.25, 0.3) is 0 Å². The predicted molar refractivity (Wildman–Crippen MR) is 64.7 cm³/mol. The normalized spacial score (nSPS) is 23.0. The van der Waals surface area contributed by atoms with E-state index in [2.05, 4.69) is 5.32 Å². The van der Waals surface area contributed by atoms with Gasteiger partial charge in [0.15, 0.2) is 9.84 Å². The zero-order valence-corrected chi connectivity index (χ0v) is 11.7. The lowest BCUT2D eigenvalue weighted by atomic mass is 10.3. The summed E-state index contributed by atoms with van der Waals surface area (Å²) >= 11 is 0.508. The third-order valence-corrected chi connectivity index (χ3v) is 7.80. The highest BCUT2D eigenvalue weighted by Crippen LogP contribution is 2.33. The van der Waals surface area contributed by atoms with Crippen LogP contribution in [0.1, 0.15) is 17.3 Å². The minimum absolute atomic E-state index is 0.00667. The van der Waals surface area contributed by atoms with Crippen LogP contribution < -0.4 is 10.5 Å². The molecule has 3 N–H and O–H groups in total. The Morgan fingerprint density at radius 3 is 2.67 bits per heavy atom. The molecule has 0 saturated carbocycles. The lowest BCUT2D eigenvalue weighted by Gasteiger charge is -2.07. The molecule has 1 amide bonds. The number of fused-ring (bicyclic) bond motifs is 1. The van der Waals surface area contributed by atoms with Gasteiger partial charge in [-0.25, -0.2) is 22.0 Å². The molecular formula is C8H10N2O5S3. The molecule has 0 aromatic carbocycles. The summed E-state index contributed by atoms with van der Waals surface area (Å²) in [5.41, 5.74) is -0.159. The quantitative estimate of drug-likeness (QED) is 0.710. The fourth-order valence-electron chi connectivity index (χ4n) is 1.49. The monoisotopic (exact) mass is 310 g/mol. The Morgan fingerprint density at radius 2 is 2.11 bits per heavy atom. The maximum Gasteiger partial charge on any atom is 0.253 e. The summed E-state index contributed by atoms with van der Waals surface area (Å²) in [5, 5.41) is 6.55. The molecule has 0 fully saturated rings. The second-order valence-corrected chi connectivity index (χ2v) is 9.28.